The SMILES string of the molecule is Nc1c(F)cccc1C(=O)Cc1cc(F)ccc1Br. The molecule has 0 spiro atoms. The molecule has 2 aromatic carbocycles. The number of nitrogens with two attached hydrogens (primary N) is 1. The summed E-state index contributed by atoms with van der Waals surface area (Å²) in [6.07, 6.45) is -0.0496. The number of carbonyl (C=O) groups excluding carboxylic acids is 1. The second kappa shape index (κ2) is 5.48. The van der Waals surface area contributed by atoms with Gasteiger partial charge in [-0.15, -0.1) is 0 Å². The lowest BCUT2D eigenvalue weighted by molar-refractivity contribution is 0.0993. The van der Waals surface area contributed by atoms with Gasteiger partial charge in [-0.05, 0) is 35.9 Å². The van der Waals surface area contributed by atoms with E-state index in [0.717, 1.165) is 0 Å². The van der Waals surface area contributed by atoms with E-state index in [4.69, 9.17) is 5.73 Å². The van der Waals surface area contributed by atoms with Crippen LogP contribution < -0.4 is 5.73 Å². The number of anilines is 1. The summed E-state index contributed by atoms with van der Waals surface area (Å²) in [5.74, 6) is -1.43. The highest BCUT2D eigenvalue weighted by Gasteiger charge is 2.14. The zero-order valence-corrected chi connectivity index (χ0v) is 11.4. The van der Waals surface area contributed by atoms with E-state index in [9.17, 15) is 13.6 Å². The van der Waals surface area contributed by atoms with E-state index in [2.05, 4.69) is 15.9 Å². The third kappa shape index (κ3) is 2.98. The first-order valence-corrected chi connectivity index (χ1v) is 6.29. The van der Waals surface area contributed by atoms with Gasteiger partial charge in [0, 0.05) is 16.5 Å². The van der Waals surface area contributed by atoms with Crippen molar-refractivity contribution in [2.45, 2.75) is 6.42 Å². The van der Waals surface area contributed by atoms with Gasteiger partial charge in [0.05, 0.1) is 5.69 Å². The Kier molecular flexibility index (Phi) is 3.95. The van der Waals surface area contributed by atoms with Gasteiger partial charge in [-0.2, -0.15) is 0 Å². The minimum absolute atomic E-state index is 0.0496. The molecule has 5 heteroatoms. The molecule has 0 saturated carbocycles. The average molecular weight is 326 g/mol. The summed E-state index contributed by atoms with van der Waals surface area (Å²) in [6.45, 7) is 0. The molecule has 0 aliphatic rings. The molecule has 0 bridgehead atoms. The first-order valence-electron chi connectivity index (χ1n) is 5.50. The Hall–Kier alpha value is -1.75. The third-order valence-corrected chi connectivity index (χ3v) is 3.49. The van der Waals surface area contributed by atoms with Crippen molar-refractivity contribution in [3.63, 3.8) is 0 Å². The number of nitrogen functional groups attached to an aromatic ring is 1. The van der Waals surface area contributed by atoms with Gasteiger partial charge in [0.25, 0.3) is 0 Å². The van der Waals surface area contributed by atoms with Gasteiger partial charge in [-0.3, -0.25) is 4.79 Å². The van der Waals surface area contributed by atoms with Crippen LogP contribution in [0.3, 0.4) is 0 Å². The first-order chi connectivity index (χ1) is 8.99. The summed E-state index contributed by atoms with van der Waals surface area (Å²) in [4.78, 5) is 12.1. The molecular formula is C14H10BrF2NO. The predicted molar refractivity (Wildman–Crippen MR) is 72.9 cm³/mol. The normalized spacial score (nSPS) is 10.5. The number of hydrogen-bond acceptors (Lipinski definition) is 2. The Morgan fingerprint density at radius 1 is 1.21 bits per heavy atom. The zero-order valence-electron chi connectivity index (χ0n) is 9.79. The number of rotatable bonds is 3. The van der Waals surface area contributed by atoms with Crippen molar-refractivity contribution in [2.75, 3.05) is 5.73 Å². The lowest BCUT2D eigenvalue weighted by Gasteiger charge is -2.07. The van der Waals surface area contributed by atoms with Crippen molar-refractivity contribution >= 4 is 27.4 Å². The molecule has 0 atom stereocenters. The van der Waals surface area contributed by atoms with Gasteiger partial charge in [-0.1, -0.05) is 22.0 Å². The molecule has 2 rings (SSSR count). The van der Waals surface area contributed by atoms with Crippen molar-refractivity contribution in [3.05, 3.63) is 63.6 Å². The highest BCUT2D eigenvalue weighted by atomic mass is 79.9. The quantitative estimate of drug-likeness (QED) is 0.690. The summed E-state index contributed by atoms with van der Waals surface area (Å²) >= 11 is 3.24. The number of Topliss-reactive ketones (excluding diaryl/α,β-unsaturated/α-hetero) is 1. The van der Waals surface area contributed by atoms with Crippen LogP contribution in [0.5, 0.6) is 0 Å². The number of para-hydroxylation sites is 1. The molecule has 98 valence electrons. The Bertz CT molecular complexity index is 643. The van der Waals surface area contributed by atoms with E-state index < -0.39 is 11.6 Å². The fourth-order valence-electron chi connectivity index (χ4n) is 1.73. The standard InChI is InChI=1S/C14H10BrF2NO/c15-11-5-4-9(16)6-8(11)7-13(19)10-2-1-3-12(17)14(10)18/h1-6H,7,18H2. The summed E-state index contributed by atoms with van der Waals surface area (Å²) in [6, 6.07) is 8.12. The van der Waals surface area contributed by atoms with E-state index >= 15 is 0 Å². The molecule has 2 aromatic rings. The van der Waals surface area contributed by atoms with Crippen molar-refractivity contribution < 1.29 is 13.6 Å². The van der Waals surface area contributed by atoms with Crippen LogP contribution in [0.25, 0.3) is 0 Å². The van der Waals surface area contributed by atoms with E-state index in [0.29, 0.717) is 10.0 Å². The van der Waals surface area contributed by atoms with Crippen molar-refractivity contribution in [3.8, 4) is 0 Å². The van der Waals surface area contributed by atoms with Gasteiger partial charge in [0.1, 0.15) is 11.6 Å². The first kappa shape index (κ1) is 13.7. The van der Waals surface area contributed by atoms with Crippen molar-refractivity contribution in [2.24, 2.45) is 0 Å². The predicted octanol–water partition coefficient (Wildman–Crippen LogP) is 3.73. The van der Waals surface area contributed by atoms with Crippen LogP contribution in [0.1, 0.15) is 15.9 Å². The average Bonchev–Trinajstić information content (AvgIpc) is 2.37. The molecule has 2 nitrogen and oxygen atoms in total. The zero-order chi connectivity index (χ0) is 14.0. The summed E-state index contributed by atoms with van der Waals surface area (Å²) < 4.78 is 27.0. The number of benzene rings is 2. The third-order valence-electron chi connectivity index (χ3n) is 2.71. The molecule has 19 heavy (non-hydrogen) atoms. The maximum atomic E-state index is 13.3. The summed E-state index contributed by atoms with van der Waals surface area (Å²) in [5, 5.41) is 0. The molecule has 0 unspecified atom stereocenters. The van der Waals surface area contributed by atoms with E-state index in [1.54, 1.807) is 0 Å². The number of hydrogen-bond donors (Lipinski definition) is 1. The Labute approximate surface area is 117 Å². The van der Waals surface area contributed by atoms with Crippen LogP contribution in [0.2, 0.25) is 0 Å². The topological polar surface area (TPSA) is 43.1 Å². The monoisotopic (exact) mass is 325 g/mol. The maximum Gasteiger partial charge on any atom is 0.169 e. The van der Waals surface area contributed by atoms with E-state index in [1.807, 2.05) is 0 Å². The van der Waals surface area contributed by atoms with Crippen LogP contribution in [0.4, 0.5) is 14.5 Å². The highest BCUT2D eigenvalue weighted by molar-refractivity contribution is 9.10. The lowest BCUT2D eigenvalue weighted by atomic mass is 10.0. The smallest absolute Gasteiger partial charge is 0.169 e. The second-order valence-electron chi connectivity index (χ2n) is 4.04. The van der Waals surface area contributed by atoms with Crippen LogP contribution >= 0.6 is 15.9 Å². The van der Waals surface area contributed by atoms with Gasteiger partial charge in [0.15, 0.2) is 5.78 Å². The highest BCUT2D eigenvalue weighted by Crippen LogP contribution is 2.22. The number of ketones is 1. The lowest BCUT2D eigenvalue weighted by Crippen LogP contribution is -2.09. The minimum atomic E-state index is -0.635. The molecule has 0 radical (unpaired) electrons. The molecule has 0 aliphatic carbocycles. The molecule has 0 amide bonds. The molecule has 0 aliphatic heterocycles. The number of carbonyl (C=O) groups is 1. The fraction of sp³-hybridized carbons (Fsp3) is 0.0714. The minimum Gasteiger partial charge on any atom is -0.396 e. The van der Waals surface area contributed by atoms with Gasteiger partial charge in [-0.25, -0.2) is 8.78 Å². The van der Waals surface area contributed by atoms with E-state index in [1.165, 1.54) is 36.4 Å². The van der Waals surface area contributed by atoms with Gasteiger partial charge in [0.2, 0.25) is 0 Å². The molecule has 0 heterocycles. The summed E-state index contributed by atoms with van der Waals surface area (Å²) in [5.41, 5.74) is 5.94. The van der Waals surface area contributed by atoms with Crippen molar-refractivity contribution in [1.29, 1.82) is 0 Å². The van der Waals surface area contributed by atoms with Crippen LogP contribution in [0, 0.1) is 11.6 Å². The second-order valence-corrected chi connectivity index (χ2v) is 4.89. The molecule has 0 fully saturated rings. The Morgan fingerprint density at radius 3 is 2.68 bits per heavy atom. The van der Waals surface area contributed by atoms with Crippen LogP contribution in [0.15, 0.2) is 40.9 Å². The van der Waals surface area contributed by atoms with Gasteiger partial charge < -0.3 is 5.73 Å². The molecule has 0 aromatic heterocycles. The fourth-order valence-corrected chi connectivity index (χ4v) is 2.11. The molecule has 0 saturated heterocycles. The van der Waals surface area contributed by atoms with Crippen molar-refractivity contribution in [1.82, 2.24) is 0 Å². The molecular weight excluding hydrogens is 316 g/mol. The van der Waals surface area contributed by atoms with Crippen LogP contribution in [-0.2, 0) is 6.42 Å². The largest absolute Gasteiger partial charge is 0.396 e. The summed E-state index contributed by atoms with van der Waals surface area (Å²) in [7, 11) is 0. The molecule has 2 N–H and O–H groups in total. The number of halogens is 3. The Morgan fingerprint density at radius 2 is 1.95 bits per heavy atom. The van der Waals surface area contributed by atoms with E-state index in [-0.39, 0.29) is 23.5 Å². The van der Waals surface area contributed by atoms with Crippen LogP contribution in [-0.4, -0.2) is 5.78 Å². The maximum absolute atomic E-state index is 13.3. The Balaban J connectivity index is 2.31. The van der Waals surface area contributed by atoms with Gasteiger partial charge >= 0.3 is 0 Å².